The summed E-state index contributed by atoms with van der Waals surface area (Å²) in [4.78, 5) is 29.4. The molecule has 0 bridgehead atoms. The van der Waals surface area contributed by atoms with Crippen LogP contribution >= 0.6 is 0 Å². The fourth-order valence-corrected chi connectivity index (χ4v) is 5.10. The van der Waals surface area contributed by atoms with Crippen molar-refractivity contribution in [3.05, 3.63) is 142 Å². The van der Waals surface area contributed by atoms with E-state index < -0.39 is 0 Å². The maximum absolute atomic E-state index is 5.06. The maximum Gasteiger partial charge on any atom is 0.0849 e. The second-order valence-electron chi connectivity index (χ2n) is 11.6. The fraction of sp³-hybridized carbons (Fsp3) is 0.200. The zero-order chi connectivity index (χ0) is 32.8. The Hall–Kier alpha value is -5.36. The fourth-order valence-electron chi connectivity index (χ4n) is 5.10. The minimum Gasteiger partial charge on any atom is -0.252 e. The first kappa shape index (κ1) is 32.0. The highest BCUT2D eigenvalue weighted by Gasteiger charge is 2.13. The number of aromatic nitrogens is 2. The second-order valence-corrected chi connectivity index (χ2v) is 11.6. The van der Waals surface area contributed by atoms with E-state index in [1.165, 1.54) is 5.56 Å². The highest BCUT2D eigenvalue weighted by Crippen LogP contribution is 2.34. The van der Waals surface area contributed by atoms with E-state index >= 15 is 0 Å². The van der Waals surface area contributed by atoms with Crippen LogP contribution in [0.3, 0.4) is 0 Å². The van der Waals surface area contributed by atoms with Crippen molar-refractivity contribution in [2.45, 2.75) is 55.4 Å². The van der Waals surface area contributed by atoms with Gasteiger partial charge in [-0.2, -0.15) is 0 Å². The molecule has 230 valence electrons. The lowest BCUT2D eigenvalue weighted by Crippen LogP contribution is -2.05. The topological polar surface area (TPSA) is 75.2 Å². The van der Waals surface area contributed by atoms with Crippen LogP contribution in [-0.4, -0.2) is 32.8 Å². The molecular weight excluding hydrogens is 564 g/mol. The normalized spacial score (nSPS) is 12.9. The van der Waals surface area contributed by atoms with E-state index in [4.69, 9.17) is 29.9 Å². The Balaban J connectivity index is 1.41. The van der Waals surface area contributed by atoms with Gasteiger partial charge in [0.05, 0.1) is 68.4 Å². The summed E-state index contributed by atoms with van der Waals surface area (Å²) >= 11 is 0. The standard InChI is InChI=1S/C40H40N6/c1-25-20-22-34(23-21-25)42-30(6)36-16-12-18-37(45-36)31(7)43-39-24-26(2)40(28(4)27(39)3)44-32(8)38-19-13-17-35(46-38)29(5)41-33-14-10-9-11-15-33/h9-24H,1-8H3. The van der Waals surface area contributed by atoms with Crippen LogP contribution in [0.25, 0.3) is 0 Å². The summed E-state index contributed by atoms with van der Waals surface area (Å²) in [6.07, 6.45) is 0. The monoisotopic (exact) mass is 604 g/mol. The molecule has 2 aromatic heterocycles. The molecule has 0 aliphatic carbocycles. The molecule has 6 heteroatoms. The van der Waals surface area contributed by atoms with E-state index in [-0.39, 0.29) is 0 Å². The summed E-state index contributed by atoms with van der Waals surface area (Å²) in [5.41, 5.74) is 14.8. The van der Waals surface area contributed by atoms with E-state index in [9.17, 15) is 0 Å². The lowest BCUT2D eigenvalue weighted by Gasteiger charge is -2.13. The molecule has 5 rings (SSSR count). The molecule has 0 unspecified atom stereocenters. The highest BCUT2D eigenvalue weighted by molar-refractivity contribution is 6.03. The van der Waals surface area contributed by atoms with Crippen molar-refractivity contribution in [1.29, 1.82) is 0 Å². The molecule has 5 aromatic rings. The highest BCUT2D eigenvalue weighted by atomic mass is 14.9. The largest absolute Gasteiger partial charge is 0.252 e. The Bertz CT molecular complexity index is 2000. The lowest BCUT2D eigenvalue weighted by molar-refractivity contribution is 1.21. The molecule has 0 spiro atoms. The van der Waals surface area contributed by atoms with Crippen molar-refractivity contribution < 1.29 is 0 Å². The molecule has 2 heterocycles. The van der Waals surface area contributed by atoms with Crippen LogP contribution in [0.4, 0.5) is 22.7 Å². The molecule has 0 amide bonds. The van der Waals surface area contributed by atoms with Crippen LogP contribution in [-0.2, 0) is 0 Å². The van der Waals surface area contributed by atoms with Crippen molar-refractivity contribution in [1.82, 2.24) is 9.97 Å². The van der Waals surface area contributed by atoms with Crippen LogP contribution < -0.4 is 0 Å². The van der Waals surface area contributed by atoms with Gasteiger partial charge >= 0.3 is 0 Å². The smallest absolute Gasteiger partial charge is 0.0849 e. The van der Waals surface area contributed by atoms with Gasteiger partial charge in [-0.15, -0.1) is 0 Å². The first-order chi connectivity index (χ1) is 22.1. The molecule has 3 aromatic carbocycles. The summed E-state index contributed by atoms with van der Waals surface area (Å²) in [6.45, 7) is 16.3. The van der Waals surface area contributed by atoms with E-state index in [0.29, 0.717) is 0 Å². The molecular formula is C40H40N6. The predicted octanol–water partition coefficient (Wildman–Crippen LogP) is 10.3. The zero-order valence-electron chi connectivity index (χ0n) is 27.9. The number of hydrogen-bond acceptors (Lipinski definition) is 6. The first-order valence-electron chi connectivity index (χ1n) is 15.5. The van der Waals surface area contributed by atoms with Crippen LogP contribution in [0, 0.1) is 27.7 Å². The van der Waals surface area contributed by atoms with Gasteiger partial charge in [-0.3, -0.25) is 20.0 Å². The number of aliphatic imine (C=N–C) groups is 4. The van der Waals surface area contributed by atoms with Gasteiger partial charge in [0.2, 0.25) is 0 Å². The average molecular weight is 605 g/mol. The number of nitrogens with zero attached hydrogens (tertiary/aromatic N) is 6. The van der Waals surface area contributed by atoms with E-state index in [1.54, 1.807) is 0 Å². The van der Waals surface area contributed by atoms with Gasteiger partial charge in [-0.25, -0.2) is 9.97 Å². The zero-order valence-corrected chi connectivity index (χ0v) is 27.9. The summed E-state index contributed by atoms with van der Waals surface area (Å²) in [5.74, 6) is 0. The van der Waals surface area contributed by atoms with Gasteiger partial charge in [0.1, 0.15) is 0 Å². The Morgan fingerprint density at radius 3 is 1.43 bits per heavy atom. The number of para-hydroxylation sites is 1. The second kappa shape index (κ2) is 14.2. The molecule has 0 aliphatic rings. The van der Waals surface area contributed by atoms with Crippen molar-refractivity contribution >= 4 is 45.6 Å². The molecule has 0 radical (unpaired) electrons. The van der Waals surface area contributed by atoms with Crippen molar-refractivity contribution in [2.24, 2.45) is 20.0 Å². The molecule has 46 heavy (non-hydrogen) atoms. The molecule has 0 fully saturated rings. The van der Waals surface area contributed by atoms with Gasteiger partial charge in [-0.05, 0) is 127 Å². The molecule has 0 atom stereocenters. The quantitative estimate of drug-likeness (QED) is 0.165. The first-order valence-corrected chi connectivity index (χ1v) is 15.5. The SMILES string of the molecule is CC(=Nc1ccc(C)cc1)c1cccc(C(C)=Nc2cc(C)c(N=C(C)c3cccc(C(C)=Nc4ccccc4)n3)c(C)c2C)n1. The minimum atomic E-state index is 0.820. The average Bonchev–Trinajstić information content (AvgIpc) is 3.07. The Labute approximate surface area is 272 Å². The molecule has 0 aliphatic heterocycles. The molecule has 0 N–H and O–H groups in total. The Kier molecular flexibility index (Phi) is 9.87. The third-order valence-corrected chi connectivity index (χ3v) is 7.96. The minimum absolute atomic E-state index is 0.820. The summed E-state index contributed by atoms with van der Waals surface area (Å²) < 4.78 is 0. The number of benzene rings is 3. The van der Waals surface area contributed by atoms with Gasteiger partial charge in [0, 0.05) is 0 Å². The van der Waals surface area contributed by atoms with Gasteiger partial charge in [0.15, 0.2) is 0 Å². The number of aryl methyl sites for hydroxylation is 2. The van der Waals surface area contributed by atoms with Crippen molar-refractivity contribution in [3.63, 3.8) is 0 Å². The third kappa shape index (κ3) is 7.64. The summed E-state index contributed by atoms with van der Waals surface area (Å²) in [7, 11) is 0. The van der Waals surface area contributed by atoms with Crippen LogP contribution in [0.5, 0.6) is 0 Å². The Morgan fingerprint density at radius 1 is 0.457 bits per heavy atom. The maximum atomic E-state index is 5.06. The summed E-state index contributed by atoms with van der Waals surface area (Å²) in [5, 5.41) is 0. The van der Waals surface area contributed by atoms with Crippen LogP contribution in [0.15, 0.2) is 117 Å². The van der Waals surface area contributed by atoms with E-state index in [2.05, 4.69) is 45.9 Å². The van der Waals surface area contributed by atoms with Crippen molar-refractivity contribution in [3.8, 4) is 0 Å². The van der Waals surface area contributed by atoms with Gasteiger partial charge < -0.3 is 0 Å². The number of rotatable bonds is 8. The van der Waals surface area contributed by atoms with Gasteiger partial charge in [0.25, 0.3) is 0 Å². The number of pyridine rings is 2. The lowest BCUT2D eigenvalue weighted by atomic mass is 10.0. The molecule has 6 nitrogen and oxygen atoms in total. The van der Waals surface area contributed by atoms with Crippen LogP contribution in [0.2, 0.25) is 0 Å². The van der Waals surface area contributed by atoms with Crippen molar-refractivity contribution in [2.75, 3.05) is 0 Å². The number of hydrogen-bond donors (Lipinski definition) is 0. The van der Waals surface area contributed by atoms with Crippen LogP contribution in [0.1, 0.15) is 72.7 Å². The Morgan fingerprint density at radius 2 is 0.913 bits per heavy atom. The third-order valence-electron chi connectivity index (χ3n) is 7.96. The molecule has 0 saturated carbocycles. The summed E-state index contributed by atoms with van der Waals surface area (Å²) in [6, 6.07) is 32.2. The predicted molar refractivity (Wildman–Crippen MR) is 194 cm³/mol. The van der Waals surface area contributed by atoms with Gasteiger partial charge in [-0.1, -0.05) is 48.0 Å². The van der Waals surface area contributed by atoms with E-state index in [0.717, 1.165) is 85.1 Å². The molecule has 0 saturated heterocycles. The van der Waals surface area contributed by atoms with E-state index in [1.807, 2.05) is 107 Å².